The molecule has 0 bridgehead atoms. The van der Waals surface area contributed by atoms with Gasteiger partial charge in [-0.3, -0.25) is 10.2 Å². The number of carbonyl (C=O) groups excluding carboxylic acids is 2. The molecule has 1 rings (SSSR count). The van der Waals surface area contributed by atoms with Gasteiger partial charge >= 0.3 is 6.03 Å². The van der Waals surface area contributed by atoms with E-state index in [1.165, 1.54) is 4.90 Å². The second kappa shape index (κ2) is 6.39. The highest BCUT2D eigenvalue weighted by molar-refractivity contribution is 7.80. The summed E-state index contributed by atoms with van der Waals surface area (Å²) >= 11 is 5.26. The van der Waals surface area contributed by atoms with Crippen molar-refractivity contribution in [1.82, 2.24) is 20.2 Å². The normalized spacial score (nSPS) is 15.8. The Morgan fingerprint density at radius 2 is 2.00 bits per heavy atom. The summed E-state index contributed by atoms with van der Waals surface area (Å²) in [5.41, 5.74) is 2.86. The van der Waals surface area contributed by atoms with Crippen molar-refractivity contribution in [3.05, 3.63) is 0 Å². The van der Waals surface area contributed by atoms with Gasteiger partial charge in [0.05, 0.1) is 0 Å². The van der Waals surface area contributed by atoms with Crippen LogP contribution in [0.2, 0.25) is 0 Å². The summed E-state index contributed by atoms with van der Waals surface area (Å²) in [4.78, 5) is 27.0. The molecule has 1 N–H and O–H groups in total. The highest BCUT2D eigenvalue weighted by atomic mass is 32.1. The molecule has 0 spiro atoms. The van der Waals surface area contributed by atoms with Crippen LogP contribution in [-0.4, -0.2) is 58.5 Å². The zero-order valence-corrected chi connectivity index (χ0v) is 13.7. The quantitative estimate of drug-likeness (QED) is 0.615. The van der Waals surface area contributed by atoms with E-state index in [0.29, 0.717) is 11.7 Å². The summed E-state index contributed by atoms with van der Waals surface area (Å²) in [6, 6.07) is -0.344. The number of hydrazine groups is 1. The van der Waals surface area contributed by atoms with Crippen LogP contribution < -0.4 is 5.43 Å². The van der Waals surface area contributed by atoms with E-state index in [-0.39, 0.29) is 23.9 Å². The molecule has 0 unspecified atom stereocenters. The number of rotatable bonds is 5. The first-order valence-corrected chi connectivity index (χ1v) is 7.26. The van der Waals surface area contributed by atoms with Crippen LogP contribution in [0, 0.1) is 5.41 Å². The van der Waals surface area contributed by atoms with Gasteiger partial charge in [-0.2, -0.15) is 5.01 Å². The lowest BCUT2D eigenvalue weighted by molar-refractivity contribution is -0.126. The predicted molar refractivity (Wildman–Crippen MR) is 81.9 cm³/mol. The third-order valence-electron chi connectivity index (χ3n) is 3.60. The Kier molecular flexibility index (Phi) is 5.33. The Morgan fingerprint density at radius 3 is 2.45 bits per heavy atom. The smallest absolute Gasteiger partial charge is 0.346 e. The molecule has 0 radical (unpaired) electrons. The first-order chi connectivity index (χ1) is 9.21. The number of carbonyl (C=O) groups is 2. The number of imide groups is 1. The number of nitrogens with zero attached hydrogens (tertiary/aromatic N) is 3. The van der Waals surface area contributed by atoms with Gasteiger partial charge < -0.3 is 9.80 Å². The lowest BCUT2D eigenvalue weighted by atomic mass is 9.90. The molecule has 1 saturated heterocycles. The van der Waals surface area contributed by atoms with E-state index in [1.807, 2.05) is 18.9 Å². The third-order valence-corrected chi connectivity index (χ3v) is 4.00. The van der Waals surface area contributed by atoms with Crippen LogP contribution in [0.5, 0.6) is 0 Å². The van der Waals surface area contributed by atoms with Gasteiger partial charge in [0, 0.05) is 20.1 Å². The minimum atomic E-state index is -0.344. The lowest BCUT2D eigenvalue weighted by Gasteiger charge is -2.32. The van der Waals surface area contributed by atoms with Crippen molar-refractivity contribution >= 4 is 29.3 Å². The largest absolute Gasteiger partial charge is 0.350 e. The van der Waals surface area contributed by atoms with Crippen LogP contribution >= 0.6 is 12.2 Å². The minimum absolute atomic E-state index is 0.106. The number of nitrogens with one attached hydrogen (secondary N) is 1. The topological polar surface area (TPSA) is 55.9 Å². The number of hydrogen-bond donors (Lipinski definition) is 1. The first kappa shape index (κ1) is 16.7. The SMILES string of the molecule is CCN1CC(=O)N(NC(=S)N(C)CC(C)(C)CC)C1=O. The maximum atomic E-state index is 11.9. The average Bonchev–Trinajstić information content (AvgIpc) is 2.65. The molecular formula is C13H24N4O2S. The second-order valence-corrected chi connectivity index (χ2v) is 6.20. The fourth-order valence-corrected chi connectivity index (χ4v) is 2.07. The highest BCUT2D eigenvalue weighted by Gasteiger charge is 2.36. The van der Waals surface area contributed by atoms with Crippen molar-refractivity contribution in [2.24, 2.45) is 5.41 Å². The molecule has 0 saturated carbocycles. The van der Waals surface area contributed by atoms with Crippen molar-refractivity contribution < 1.29 is 9.59 Å². The van der Waals surface area contributed by atoms with Gasteiger partial charge in [-0.25, -0.2) is 4.79 Å². The van der Waals surface area contributed by atoms with Crippen LogP contribution in [0.1, 0.15) is 34.1 Å². The molecule has 1 aliphatic rings. The molecule has 7 heteroatoms. The van der Waals surface area contributed by atoms with Crippen molar-refractivity contribution in [2.75, 3.05) is 26.7 Å². The number of likely N-dealkylation sites (N-methyl/N-ethyl adjacent to an activating group) is 1. The van der Waals surface area contributed by atoms with Crippen LogP contribution in [0.15, 0.2) is 0 Å². The summed E-state index contributed by atoms with van der Waals surface area (Å²) in [5.74, 6) is -0.276. The highest BCUT2D eigenvalue weighted by Crippen LogP contribution is 2.20. The van der Waals surface area contributed by atoms with Crippen molar-refractivity contribution in [1.29, 1.82) is 0 Å². The monoisotopic (exact) mass is 300 g/mol. The maximum Gasteiger partial charge on any atom is 0.346 e. The van der Waals surface area contributed by atoms with Gasteiger partial charge in [-0.15, -0.1) is 0 Å². The predicted octanol–water partition coefficient (Wildman–Crippen LogP) is 1.43. The first-order valence-electron chi connectivity index (χ1n) is 6.85. The third kappa shape index (κ3) is 3.82. The fourth-order valence-electron chi connectivity index (χ4n) is 1.91. The molecule has 1 fully saturated rings. The fraction of sp³-hybridized carbons (Fsp3) is 0.769. The van der Waals surface area contributed by atoms with Gasteiger partial charge in [-0.1, -0.05) is 20.8 Å². The van der Waals surface area contributed by atoms with Crippen molar-refractivity contribution in [3.63, 3.8) is 0 Å². The number of hydrogen-bond acceptors (Lipinski definition) is 3. The molecule has 114 valence electrons. The van der Waals surface area contributed by atoms with Gasteiger partial charge in [-0.05, 0) is 31.0 Å². The van der Waals surface area contributed by atoms with Gasteiger partial charge in [0.25, 0.3) is 5.91 Å². The van der Waals surface area contributed by atoms with Crippen molar-refractivity contribution in [3.8, 4) is 0 Å². The summed E-state index contributed by atoms with van der Waals surface area (Å²) < 4.78 is 0. The van der Waals surface area contributed by atoms with Crippen LogP contribution in [-0.2, 0) is 4.79 Å². The average molecular weight is 300 g/mol. The minimum Gasteiger partial charge on any atom is -0.350 e. The molecule has 20 heavy (non-hydrogen) atoms. The second-order valence-electron chi connectivity index (χ2n) is 5.82. The van der Waals surface area contributed by atoms with Crippen LogP contribution in [0.3, 0.4) is 0 Å². The van der Waals surface area contributed by atoms with E-state index in [1.54, 1.807) is 0 Å². The zero-order valence-electron chi connectivity index (χ0n) is 12.9. The Hall–Kier alpha value is -1.37. The number of urea groups is 1. The molecule has 0 aromatic rings. The standard InChI is InChI=1S/C13H24N4O2S/c1-6-13(3,4)9-15(5)11(20)14-17-10(18)8-16(7-2)12(17)19/h6-9H2,1-5H3,(H,14,20). The van der Waals surface area contributed by atoms with E-state index in [9.17, 15) is 9.59 Å². The van der Waals surface area contributed by atoms with Crippen LogP contribution in [0.4, 0.5) is 4.79 Å². The molecular weight excluding hydrogens is 276 g/mol. The van der Waals surface area contributed by atoms with E-state index in [4.69, 9.17) is 12.2 Å². The molecule has 1 aliphatic heterocycles. The lowest BCUT2D eigenvalue weighted by Crippen LogP contribution is -2.52. The summed E-state index contributed by atoms with van der Waals surface area (Å²) in [6.45, 7) is 9.63. The number of thiocarbonyl (C=S) groups is 1. The van der Waals surface area contributed by atoms with E-state index >= 15 is 0 Å². The Balaban J connectivity index is 2.62. The molecule has 0 atom stereocenters. The van der Waals surface area contributed by atoms with Gasteiger partial charge in [0.15, 0.2) is 5.11 Å². The summed E-state index contributed by atoms with van der Waals surface area (Å²) in [5, 5.41) is 1.38. The molecule has 1 heterocycles. The van der Waals surface area contributed by atoms with E-state index in [2.05, 4.69) is 26.2 Å². The summed E-state index contributed by atoms with van der Waals surface area (Å²) in [6.07, 6.45) is 1.02. The molecule has 3 amide bonds. The molecule has 0 aromatic heterocycles. The van der Waals surface area contributed by atoms with E-state index in [0.717, 1.165) is 18.0 Å². The maximum absolute atomic E-state index is 11.9. The number of amides is 3. The molecule has 6 nitrogen and oxygen atoms in total. The zero-order chi connectivity index (χ0) is 15.5. The van der Waals surface area contributed by atoms with Gasteiger partial charge in [0.2, 0.25) is 0 Å². The van der Waals surface area contributed by atoms with Crippen LogP contribution in [0.25, 0.3) is 0 Å². The summed E-state index contributed by atoms with van der Waals surface area (Å²) in [7, 11) is 1.86. The van der Waals surface area contributed by atoms with E-state index < -0.39 is 0 Å². The Morgan fingerprint density at radius 1 is 1.40 bits per heavy atom. The Labute approximate surface area is 126 Å². The Bertz CT molecular complexity index is 411. The molecule has 0 aromatic carbocycles. The van der Waals surface area contributed by atoms with Gasteiger partial charge in [0.1, 0.15) is 6.54 Å². The molecule has 0 aliphatic carbocycles. The van der Waals surface area contributed by atoms with Crippen molar-refractivity contribution in [2.45, 2.75) is 34.1 Å².